The van der Waals surface area contributed by atoms with E-state index in [2.05, 4.69) is 15.9 Å². The molecule has 0 heterocycles. The Kier molecular flexibility index (Phi) is 4.78. The van der Waals surface area contributed by atoms with Gasteiger partial charge < -0.3 is 4.90 Å². The van der Waals surface area contributed by atoms with Crippen LogP contribution < -0.4 is 0 Å². The predicted octanol–water partition coefficient (Wildman–Crippen LogP) is 4.73. The predicted molar refractivity (Wildman–Crippen MR) is 85.8 cm³/mol. The van der Waals surface area contributed by atoms with E-state index < -0.39 is 5.82 Å². The second kappa shape index (κ2) is 6.39. The topological polar surface area (TPSA) is 20.3 Å². The number of halogens is 2. The molecule has 2 rings (SSSR count). The van der Waals surface area contributed by atoms with E-state index in [9.17, 15) is 9.18 Å². The SMILES string of the molecule is Cc1ccc(C(C)N(C)C(=O)c2cccc(F)c2Br)cc1. The molecular weight excluding hydrogens is 333 g/mol. The smallest absolute Gasteiger partial charge is 0.255 e. The summed E-state index contributed by atoms with van der Waals surface area (Å²) in [5.41, 5.74) is 2.55. The van der Waals surface area contributed by atoms with Gasteiger partial charge in [-0.15, -0.1) is 0 Å². The number of rotatable bonds is 3. The van der Waals surface area contributed by atoms with Crippen molar-refractivity contribution < 1.29 is 9.18 Å². The van der Waals surface area contributed by atoms with Gasteiger partial charge in [-0.2, -0.15) is 0 Å². The quantitative estimate of drug-likeness (QED) is 0.784. The molecule has 2 nitrogen and oxygen atoms in total. The Balaban J connectivity index is 2.26. The normalized spacial score (nSPS) is 12.0. The fraction of sp³-hybridized carbons (Fsp3) is 0.235. The van der Waals surface area contributed by atoms with E-state index in [1.807, 2.05) is 38.1 Å². The summed E-state index contributed by atoms with van der Waals surface area (Å²) in [6.07, 6.45) is 0. The van der Waals surface area contributed by atoms with Gasteiger partial charge in [-0.25, -0.2) is 4.39 Å². The van der Waals surface area contributed by atoms with Crippen LogP contribution in [0.25, 0.3) is 0 Å². The van der Waals surface area contributed by atoms with Crippen LogP contribution in [0.1, 0.15) is 34.5 Å². The van der Waals surface area contributed by atoms with E-state index in [1.54, 1.807) is 18.0 Å². The van der Waals surface area contributed by atoms with Gasteiger partial charge in [0.15, 0.2) is 0 Å². The summed E-state index contributed by atoms with van der Waals surface area (Å²) >= 11 is 3.14. The van der Waals surface area contributed by atoms with E-state index in [1.165, 1.54) is 17.7 Å². The Labute approximate surface area is 132 Å². The lowest BCUT2D eigenvalue weighted by atomic mass is 10.0. The van der Waals surface area contributed by atoms with E-state index >= 15 is 0 Å². The van der Waals surface area contributed by atoms with Gasteiger partial charge in [-0.3, -0.25) is 4.79 Å². The van der Waals surface area contributed by atoms with Crippen LogP contribution in [-0.4, -0.2) is 17.9 Å². The fourth-order valence-corrected chi connectivity index (χ4v) is 2.54. The highest BCUT2D eigenvalue weighted by atomic mass is 79.9. The lowest BCUT2D eigenvalue weighted by Gasteiger charge is -2.26. The Morgan fingerprint density at radius 3 is 2.43 bits per heavy atom. The van der Waals surface area contributed by atoms with E-state index in [0.29, 0.717) is 5.56 Å². The summed E-state index contributed by atoms with van der Waals surface area (Å²) in [5, 5.41) is 0. The number of benzene rings is 2. The molecular formula is C17H17BrFNO. The highest BCUT2D eigenvalue weighted by Gasteiger charge is 2.21. The highest BCUT2D eigenvalue weighted by molar-refractivity contribution is 9.10. The molecule has 1 unspecified atom stereocenters. The second-order valence-electron chi connectivity index (χ2n) is 5.10. The van der Waals surface area contributed by atoms with Crippen LogP contribution in [0.3, 0.4) is 0 Å². The van der Waals surface area contributed by atoms with Crippen LogP contribution in [-0.2, 0) is 0 Å². The zero-order valence-corrected chi connectivity index (χ0v) is 13.8. The molecule has 0 aromatic heterocycles. The average molecular weight is 350 g/mol. The molecule has 0 saturated carbocycles. The molecule has 0 bridgehead atoms. The molecule has 21 heavy (non-hydrogen) atoms. The van der Waals surface area contributed by atoms with Crippen molar-refractivity contribution in [1.29, 1.82) is 0 Å². The largest absolute Gasteiger partial charge is 0.335 e. The Morgan fingerprint density at radius 1 is 1.19 bits per heavy atom. The second-order valence-corrected chi connectivity index (χ2v) is 5.90. The van der Waals surface area contributed by atoms with Crippen LogP contribution in [0, 0.1) is 12.7 Å². The van der Waals surface area contributed by atoms with Crippen molar-refractivity contribution in [2.75, 3.05) is 7.05 Å². The number of nitrogens with zero attached hydrogens (tertiary/aromatic N) is 1. The molecule has 0 aliphatic carbocycles. The summed E-state index contributed by atoms with van der Waals surface area (Å²) in [5.74, 6) is -0.647. The van der Waals surface area contributed by atoms with Gasteiger partial charge >= 0.3 is 0 Å². The molecule has 0 saturated heterocycles. The summed E-state index contributed by atoms with van der Waals surface area (Å²) < 4.78 is 13.8. The van der Waals surface area contributed by atoms with Gasteiger partial charge in [-0.1, -0.05) is 35.9 Å². The third-order valence-electron chi connectivity index (χ3n) is 3.64. The lowest BCUT2D eigenvalue weighted by Crippen LogP contribution is -2.30. The summed E-state index contributed by atoms with van der Waals surface area (Å²) in [6.45, 7) is 3.98. The number of aryl methyl sites for hydroxylation is 1. The molecule has 0 aliphatic rings. The molecule has 0 fully saturated rings. The molecule has 1 amide bonds. The minimum atomic E-state index is -0.433. The highest BCUT2D eigenvalue weighted by Crippen LogP contribution is 2.25. The van der Waals surface area contributed by atoms with Gasteiger partial charge in [0.05, 0.1) is 16.1 Å². The van der Waals surface area contributed by atoms with Crippen LogP contribution >= 0.6 is 15.9 Å². The zero-order valence-electron chi connectivity index (χ0n) is 12.2. The molecule has 2 aromatic carbocycles. The summed E-state index contributed by atoms with van der Waals surface area (Å²) in [6, 6.07) is 12.4. The maximum atomic E-state index is 13.6. The standard InChI is InChI=1S/C17H17BrFNO/c1-11-7-9-13(10-8-11)12(2)20(3)17(21)14-5-4-6-15(19)16(14)18/h4-10,12H,1-3H3. The van der Waals surface area contributed by atoms with Crippen LogP contribution in [0.15, 0.2) is 46.9 Å². The van der Waals surface area contributed by atoms with Crippen LogP contribution in [0.4, 0.5) is 4.39 Å². The first kappa shape index (κ1) is 15.7. The zero-order chi connectivity index (χ0) is 15.6. The van der Waals surface area contributed by atoms with Crippen LogP contribution in [0.5, 0.6) is 0 Å². The number of carbonyl (C=O) groups excluding carboxylic acids is 1. The fourth-order valence-electron chi connectivity index (χ4n) is 2.10. The minimum Gasteiger partial charge on any atom is -0.335 e. The Hall–Kier alpha value is -1.68. The monoisotopic (exact) mass is 349 g/mol. The first-order chi connectivity index (χ1) is 9.91. The molecule has 1 atom stereocenters. The van der Waals surface area contributed by atoms with Gasteiger partial charge in [0.25, 0.3) is 5.91 Å². The Morgan fingerprint density at radius 2 is 1.81 bits per heavy atom. The van der Waals surface area contributed by atoms with Crippen molar-refractivity contribution in [3.63, 3.8) is 0 Å². The molecule has 110 valence electrons. The van der Waals surface area contributed by atoms with Gasteiger partial charge in [0.2, 0.25) is 0 Å². The molecule has 0 aliphatic heterocycles. The summed E-state index contributed by atoms with van der Waals surface area (Å²) in [7, 11) is 1.73. The van der Waals surface area contributed by atoms with Crippen molar-refractivity contribution in [3.8, 4) is 0 Å². The van der Waals surface area contributed by atoms with Gasteiger partial charge in [0.1, 0.15) is 5.82 Å². The third-order valence-corrected chi connectivity index (χ3v) is 4.45. The van der Waals surface area contributed by atoms with Crippen molar-refractivity contribution in [3.05, 3.63) is 69.4 Å². The van der Waals surface area contributed by atoms with Crippen molar-refractivity contribution >= 4 is 21.8 Å². The Bertz CT molecular complexity index is 654. The maximum absolute atomic E-state index is 13.6. The molecule has 4 heteroatoms. The molecule has 0 spiro atoms. The number of amides is 1. The number of hydrogen-bond donors (Lipinski definition) is 0. The van der Waals surface area contributed by atoms with Gasteiger partial charge in [-0.05, 0) is 47.5 Å². The molecule has 0 radical (unpaired) electrons. The first-order valence-corrected chi connectivity index (χ1v) is 7.49. The van der Waals surface area contributed by atoms with Crippen molar-refractivity contribution in [1.82, 2.24) is 4.90 Å². The van der Waals surface area contributed by atoms with E-state index in [-0.39, 0.29) is 16.4 Å². The number of hydrogen-bond acceptors (Lipinski definition) is 1. The number of carbonyl (C=O) groups is 1. The minimum absolute atomic E-state index is 0.0896. The van der Waals surface area contributed by atoms with E-state index in [0.717, 1.165) is 5.56 Å². The van der Waals surface area contributed by atoms with Crippen molar-refractivity contribution in [2.45, 2.75) is 19.9 Å². The first-order valence-electron chi connectivity index (χ1n) is 6.69. The van der Waals surface area contributed by atoms with Crippen LogP contribution in [0.2, 0.25) is 0 Å². The van der Waals surface area contributed by atoms with Crippen molar-refractivity contribution in [2.24, 2.45) is 0 Å². The van der Waals surface area contributed by atoms with E-state index in [4.69, 9.17) is 0 Å². The third kappa shape index (κ3) is 3.32. The average Bonchev–Trinajstić information content (AvgIpc) is 2.48. The molecule has 0 N–H and O–H groups in total. The molecule has 2 aromatic rings. The lowest BCUT2D eigenvalue weighted by molar-refractivity contribution is 0.0741. The maximum Gasteiger partial charge on any atom is 0.255 e. The summed E-state index contributed by atoms with van der Waals surface area (Å²) in [4.78, 5) is 14.1. The van der Waals surface area contributed by atoms with Gasteiger partial charge in [0, 0.05) is 7.05 Å².